The molecule has 1 aromatic rings. The van der Waals surface area contributed by atoms with Gasteiger partial charge in [-0.25, -0.2) is 9.36 Å². The summed E-state index contributed by atoms with van der Waals surface area (Å²) in [4.78, 5) is 25.9. The average molecular weight is 297 g/mol. The largest absolute Gasteiger partial charge is 0.412 e. The van der Waals surface area contributed by atoms with Crippen LogP contribution >= 0.6 is 11.6 Å². The van der Waals surface area contributed by atoms with Crippen LogP contribution in [0.5, 0.6) is 0 Å². The van der Waals surface area contributed by atoms with Gasteiger partial charge in [-0.15, -0.1) is 0 Å². The highest BCUT2D eigenvalue weighted by atomic mass is 35.5. The maximum Gasteiger partial charge on any atom is 0.412 e. The van der Waals surface area contributed by atoms with Crippen LogP contribution in [0.15, 0.2) is 9.59 Å². The highest BCUT2D eigenvalue weighted by molar-refractivity contribution is 6.30. The molecule has 1 fully saturated rings. The topological polar surface area (TPSA) is 54.9 Å². The third-order valence-electron chi connectivity index (χ3n) is 3.33. The molecule has 0 aliphatic heterocycles. The molecule has 2 rings (SSSR count). The van der Waals surface area contributed by atoms with Crippen molar-refractivity contribution < 1.29 is 13.2 Å². The summed E-state index contributed by atoms with van der Waals surface area (Å²) in [5.74, 6) is 0. The lowest BCUT2D eigenvalue weighted by Gasteiger charge is -2.21. The fourth-order valence-electron chi connectivity index (χ4n) is 2.15. The Morgan fingerprint density at radius 3 is 2.37 bits per heavy atom. The first kappa shape index (κ1) is 14.2. The molecule has 0 saturated heterocycles. The number of nitrogens with one attached hydrogen (secondary N) is 1. The molecule has 19 heavy (non-hydrogen) atoms. The van der Waals surface area contributed by atoms with E-state index in [1.165, 1.54) is 0 Å². The van der Waals surface area contributed by atoms with Crippen molar-refractivity contribution in [1.29, 1.82) is 0 Å². The SMILES string of the molecule is CCCc1c(Cl)[nH]c(=O)n(C2(C(F)(F)F)CC2)c1=O. The van der Waals surface area contributed by atoms with E-state index in [1.54, 1.807) is 6.92 Å². The van der Waals surface area contributed by atoms with E-state index in [0.717, 1.165) is 0 Å². The Morgan fingerprint density at radius 2 is 1.95 bits per heavy atom. The average Bonchev–Trinajstić information content (AvgIpc) is 3.04. The van der Waals surface area contributed by atoms with Crippen molar-refractivity contribution in [3.05, 3.63) is 31.6 Å². The smallest absolute Gasteiger partial charge is 0.297 e. The number of H-pyrrole nitrogens is 1. The fraction of sp³-hybridized carbons (Fsp3) is 0.636. The Kier molecular flexibility index (Phi) is 3.28. The van der Waals surface area contributed by atoms with Gasteiger partial charge in [0.05, 0.1) is 5.56 Å². The van der Waals surface area contributed by atoms with E-state index < -0.39 is 23.0 Å². The van der Waals surface area contributed by atoms with Gasteiger partial charge in [-0.1, -0.05) is 24.9 Å². The van der Waals surface area contributed by atoms with E-state index in [2.05, 4.69) is 4.98 Å². The maximum atomic E-state index is 13.0. The van der Waals surface area contributed by atoms with Crippen LogP contribution in [0.2, 0.25) is 5.15 Å². The maximum absolute atomic E-state index is 13.0. The molecule has 0 aromatic carbocycles. The molecule has 4 nitrogen and oxygen atoms in total. The standard InChI is InChI=1S/C11H12ClF3N2O2/c1-2-3-6-7(12)16-9(19)17(8(6)18)10(4-5-10)11(13,14)15/h2-5H2,1H3,(H,16,19). The van der Waals surface area contributed by atoms with Crippen LogP contribution in [0.4, 0.5) is 13.2 Å². The summed E-state index contributed by atoms with van der Waals surface area (Å²) in [5, 5.41) is -0.175. The quantitative estimate of drug-likeness (QED) is 0.869. The number of aromatic nitrogens is 2. The van der Waals surface area contributed by atoms with E-state index in [9.17, 15) is 22.8 Å². The molecule has 0 atom stereocenters. The zero-order chi connectivity index (χ0) is 14.4. The minimum Gasteiger partial charge on any atom is -0.297 e. The predicted octanol–water partition coefficient (Wildman–Crippen LogP) is 2.19. The van der Waals surface area contributed by atoms with Gasteiger partial charge >= 0.3 is 11.9 Å². The Balaban J connectivity index is 2.69. The van der Waals surface area contributed by atoms with Gasteiger partial charge in [0, 0.05) is 0 Å². The zero-order valence-electron chi connectivity index (χ0n) is 10.1. The zero-order valence-corrected chi connectivity index (χ0v) is 10.9. The van der Waals surface area contributed by atoms with Crippen molar-refractivity contribution in [3.8, 4) is 0 Å². The molecule has 0 spiro atoms. The summed E-state index contributed by atoms with van der Waals surface area (Å²) in [6, 6.07) is 0. The lowest BCUT2D eigenvalue weighted by atomic mass is 10.2. The molecule has 106 valence electrons. The van der Waals surface area contributed by atoms with Crippen LogP contribution in [0, 0.1) is 0 Å². The lowest BCUT2D eigenvalue weighted by molar-refractivity contribution is -0.181. The summed E-state index contributed by atoms with van der Waals surface area (Å²) in [6.45, 7) is 1.77. The van der Waals surface area contributed by atoms with Crippen LogP contribution < -0.4 is 11.2 Å². The van der Waals surface area contributed by atoms with E-state index in [1.807, 2.05) is 0 Å². The first-order valence-corrected chi connectivity index (χ1v) is 6.23. The summed E-state index contributed by atoms with van der Waals surface area (Å²) in [5.41, 5.74) is -4.38. The predicted molar refractivity (Wildman–Crippen MR) is 63.6 cm³/mol. The van der Waals surface area contributed by atoms with E-state index >= 15 is 0 Å². The number of nitrogens with zero attached hydrogens (tertiary/aromatic N) is 1. The van der Waals surface area contributed by atoms with E-state index in [0.29, 0.717) is 6.42 Å². The fourth-order valence-corrected chi connectivity index (χ4v) is 2.41. The minimum atomic E-state index is -4.62. The summed E-state index contributed by atoms with van der Waals surface area (Å²) >= 11 is 5.72. The molecular weight excluding hydrogens is 285 g/mol. The van der Waals surface area contributed by atoms with Gasteiger partial charge in [-0.2, -0.15) is 13.2 Å². The summed E-state index contributed by atoms with van der Waals surface area (Å²) < 4.78 is 39.3. The van der Waals surface area contributed by atoms with Crippen molar-refractivity contribution in [3.63, 3.8) is 0 Å². The van der Waals surface area contributed by atoms with Gasteiger partial charge in [0.2, 0.25) is 0 Å². The monoisotopic (exact) mass is 296 g/mol. The van der Waals surface area contributed by atoms with Crippen LogP contribution in [0.25, 0.3) is 0 Å². The highest BCUT2D eigenvalue weighted by Crippen LogP contribution is 2.54. The first-order chi connectivity index (χ1) is 8.74. The second-order valence-corrected chi connectivity index (χ2v) is 5.02. The molecule has 0 unspecified atom stereocenters. The van der Waals surface area contributed by atoms with Gasteiger partial charge in [-0.05, 0) is 19.3 Å². The molecule has 0 bridgehead atoms. The van der Waals surface area contributed by atoms with Crippen LogP contribution in [0.1, 0.15) is 31.7 Å². The van der Waals surface area contributed by atoms with Gasteiger partial charge in [0.25, 0.3) is 5.56 Å². The second kappa shape index (κ2) is 4.40. The summed E-state index contributed by atoms with van der Waals surface area (Å²) in [7, 11) is 0. The van der Waals surface area contributed by atoms with Gasteiger partial charge in [-0.3, -0.25) is 9.78 Å². The molecule has 1 aromatic heterocycles. The van der Waals surface area contributed by atoms with Crippen LogP contribution in [0.3, 0.4) is 0 Å². The molecule has 0 amide bonds. The Morgan fingerprint density at radius 1 is 1.37 bits per heavy atom. The molecular formula is C11H12ClF3N2O2. The number of halogens is 4. The van der Waals surface area contributed by atoms with Crippen molar-refractivity contribution in [2.24, 2.45) is 0 Å². The van der Waals surface area contributed by atoms with Gasteiger partial charge in [0.15, 0.2) is 0 Å². The third kappa shape index (κ3) is 2.09. The van der Waals surface area contributed by atoms with Crippen LogP contribution in [-0.4, -0.2) is 15.7 Å². The van der Waals surface area contributed by atoms with Gasteiger partial charge in [0.1, 0.15) is 10.7 Å². The van der Waals surface area contributed by atoms with Crippen molar-refractivity contribution in [1.82, 2.24) is 9.55 Å². The number of rotatable bonds is 3. The minimum absolute atomic E-state index is 0.0271. The van der Waals surface area contributed by atoms with Gasteiger partial charge < -0.3 is 0 Å². The van der Waals surface area contributed by atoms with Crippen molar-refractivity contribution in [2.75, 3.05) is 0 Å². The van der Waals surface area contributed by atoms with E-state index in [-0.39, 0.29) is 34.5 Å². The molecule has 1 saturated carbocycles. The molecule has 8 heteroatoms. The third-order valence-corrected chi connectivity index (χ3v) is 3.65. The molecule has 0 radical (unpaired) electrons. The number of hydrogen-bond acceptors (Lipinski definition) is 2. The van der Waals surface area contributed by atoms with Crippen LogP contribution in [-0.2, 0) is 12.0 Å². The Bertz CT molecular complexity index is 614. The Hall–Kier alpha value is -1.24. The molecule has 1 aliphatic rings. The lowest BCUT2D eigenvalue weighted by Crippen LogP contribution is -2.50. The Labute approximate surface area is 111 Å². The second-order valence-electron chi connectivity index (χ2n) is 4.64. The molecule has 1 N–H and O–H groups in total. The highest BCUT2D eigenvalue weighted by Gasteiger charge is 2.66. The summed E-state index contributed by atoms with van der Waals surface area (Å²) in [6.07, 6.45) is -4.37. The van der Waals surface area contributed by atoms with E-state index in [4.69, 9.17) is 11.6 Å². The number of hydrogen-bond donors (Lipinski definition) is 1. The number of alkyl halides is 3. The first-order valence-electron chi connectivity index (χ1n) is 5.85. The van der Waals surface area contributed by atoms with Crippen molar-refractivity contribution in [2.45, 2.75) is 44.3 Å². The molecule has 1 aliphatic carbocycles. The normalized spacial score (nSPS) is 17.5. The van der Waals surface area contributed by atoms with Crippen molar-refractivity contribution >= 4 is 11.6 Å². The number of aromatic amines is 1. The molecule has 1 heterocycles.